The molecule has 3 rings (SSSR count). The molecule has 0 radical (unpaired) electrons. The molecule has 1 fully saturated rings. The average molecular weight is 714 g/mol. The van der Waals surface area contributed by atoms with Crippen molar-refractivity contribution < 1.29 is 52.5 Å². The van der Waals surface area contributed by atoms with Crippen LogP contribution in [0.1, 0.15) is 78.1 Å². The molecule has 3 amide bonds. The van der Waals surface area contributed by atoms with Gasteiger partial charge in [0, 0.05) is 18.9 Å². The van der Waals surface area contributed by atoms with Crippen molar-refractivity contribution in [2.24, 2.45) is 0 Å². The van der Waals surface area contributed by atoms with E-state index in [9.17, 15) is 24.3 Å². The van der Waals surface area contributed by atoms with Crippen LogP contribution in [0.4, 0.5) is 4.79 Å². The number of hydrogen-bond donors (Lipinski definition) is 3. The number of likely N-dealkylation sites (N-methyl/N-ethyl adjacent to an activating group) is 1. The third-order valence-corrected chi connectivity index (χ3v) is 8.91. The van der Waals surface area contributed by atoms with Gasteiger partial charge in [-0.2, -0.15) is 0 Å². The third kappa shape index (κ3) is 9.64. The van der Waals surface area contributed by atoms with Crippen molar-refractivity contribution in [3.8, 4) is 17.2 Å². The number of benzene rings is 2. The van der Waals surface area contributed by atoms with Crippen molar-refractivity contribution in [1.29, 1.82) is 0 Å². The molecule has 15 heteroatoms. The molecule has 1 aliphatic rings. The van der Waals surface area contributed by atoms with Crippen molar-refractivity contribution in [3.63, 3.8) is 0 Å². The number of ether oxygens (including phenoxy) is 4. The van der Waals surface area contributed by atoms with Gasteiger partial charge in [0.25, 0.3) is 0 Å². The number of rotatable bonds is 12. The number of nitrogens with zero attached hydrogens (tertiary/aromatic N) is 1. The van der Waals surface area contributed by atoms with E-state index in [1.165, 1.54) is 41.4 Å². The number of phenolic OH excluding ortho intramolecular Hbond substituents is 1. The molecule has 0 bridgehead atoms. The highest BCUT2D eigenvalue weighted by Crippen LogP contribution is 2.38. The van der Waals surface area contributed by atoms with Crippen LogP contribution in [0.15, 0.2) is 30.3 Å². The van der Waals surface area contributed by atoms with Gasteiger partial charge < -0.3 is 44.0 Å². The van der Waals surface area contributed by atoms with Crippen molar-refractivity contribution in [2.75, 3.05) is 28.4 Å². The lowest BCUT2D eigenvalue weighted by Gasteiger charge is -2.32. The van der Waals surface area contributed by atoms with Gasteiger partial charge in [-0.05, 0) is 97.2 Å². The maximum absolute atomic E-state index is 13.8. The fraction of sp³-hybridized carbons (Fsp3) is 0.556. The van der Waals surface area contributed by atoms with Gasteiger partial charge in [-0.25, -0.2) is 9.59 Å². The lowest BCUT2D eigenvalue weighted by atomic mass is 9.77. The monoisotopic (exact) mass is 713 g/mol. The largest absolute Gasteiger partial charge is 0.504 e. The summed E-state index contributed by atoms with van der Waals surface area (Å²) in [6.07, 6.45) is -0.847. The minimum absolute atomic E-state index is 0.0989. The van der Waals surface area contributed by atoms with Crippen LogP contribution in [0.5, 0.6) is 17.2 Å². The quantitative estimate of drug-likeness (QED) is 0.218. The van der Waals surface area contributed by atoms with Gasteiger partial charge in [0.05, 0.1) is 32.5 Å². The highest BCUT2D eigenvalue weighted by Gasteiger charge is 2.53. The number of carbonyl (C=O) groups excluding carboxylic acids is 4. The predicted octanol–water partition coefficient (Wildman–Crippen LogP) is 3.33. The van der Waals surface area contributed by atoms with E-state index in [2.05, 4.69) is 10.6 Å². The van der Waals surface area contributed by atoms with Crippen LogP contribution in [0, 0.1) is 6.92 Å². The molecule has 1 aliphatic heterocycles. The number of carbonyl (C=O) groups is 4. The Morgan fingerprint density at radius 3 is 2.06 bits per heavy atom. The molecule has 51 heavy (non-hydrogen) atoms. The molecule has 3 atom stereocenters. The summed E-state index contributed by atoms with van der Waals surface area (Å²) in [7, 11) is 4.65. The Labute approximate surface area is 300 Å². The zero-order valence-corrected chi connectivity index (χ0v) is 31.9. The van der Waals surface area contributed by atoms with Gasteiger partial charge in [-0.1, -0.05) is 12.1 Å². The Hall–Kier alpha value is -4.50. The smallest absolute Gasteiger partial charge is 0.498 e. The van der Waals surface area contributed by atoms with E-state index in [-0.39, 0.29) is 17.9 Å². The Balaban J connectivity index is 1.87. The molecule has 280 valence electrons. The molecule has 2 aromatic carbocycles. The normalized spacial score (nSPS) is 16.7. The van der Waals surface area contributed by atoms with Crippen LogP contribution >= 0.6 is 0 Å². The number of aryl methyl sites for hydroxylation is 1. The summed E-state index contributed by atoms with van der Waals surface area (Å²) in [4.78, 5) is 54.5. The van der Waals surface area contributed by atoms with E-state index in [1.807, 2.05) is 27.7 Å². The van der Waals surface area contributed by atoms with Crippen LogP contribution in [-0.4, -0.2) is 98.3 Å². The minimum Gasteiger partial charge on any atom is -0.504 e. The Kier molecular flexibility index (Phi) is 12.7. The number of hydrogen-bond acceptors (Lipinski definition) is 11. The fourth-order valence-corrected chi connectivity index (χ4v) is 5.47. The third-order valence-electron chi connectivity index (χ3n) is 8.91. The number of esters is 1. The summed E-state index contributed by atoms with van der Waals surface area (Å²) in [5, 5.41) is 16.2. The first-order valence-corrected chi connectivity index (χ1v) is 16.6. The maximum Gasteiger partial charge on any atom is 0.498 e. The highest BCUT2D eigenvalue weighted by molar-refractivity contribution is 6.63. The van der Waals surface area contributed by atoms with Crippen LogP contribution in [0.25, 0.3) is 0 Å². The SMILES string of the molecule is COC(=O)[C@H](Cc1cc(O)c(OC)c(B2OC(C)(C)C(C)(C)O2)c1)NC(=O)[C@H](C)NC(=O)[C@H](c1ccc(OC)c(C)c1)N(C)C(=O)OC(C)(C)C. The summed E-state index contributed by atoms with van der Waals surface area (Å²) < 4.78 is 33.7. The second kappa shape index (κ2) is 15.8. The van der Waals surface area contributed by atoms with E-state index < -0.39 is 65.9 Å². The molecule has 3 N–H and O–H groups in total. The summed E-state index contributed by atoms with van der Waals surface area (Å²) >= 11 is 0. The predicted molar refractivity (Wildman–Crippen MR) is 190 cm³/mol. The standard InChI is InChI=1S/C36H52BN3O11/c1-20-16-23(14-15-27(20)46-11)28(40(10)33(45)49-34(3,4)5)31(43)38-21(2)30(42)39-25(32(44)48-13)18-22-17-24(29(47-12)26(41)19-22)37-50-35(6,7)36(8,9)51-37/h14-17,19,21,25,28,41H,18H2,1-13H3,(H,38,43)(H,39,42)/t21-,25-,28-/m0/s1. The van der Waals surface area contributed by atoms with Crippen molar-refractivity contribution in [2.45, 2.75) is 104 Å². The number of nitrogens with one attached hydrogen (secondary N) is 2. The summed E-state index contributed by atoms with van der Waals surface area (Å²) in [6, 6.07) is 4.55. The van der Waals surface area contributed by atoms with E-state index in [4.69, 9.17) is 28.3 Å². The van der Waals surface area contributed by atoms with Gasteiger partial charge in [0.1, 0.15) is 29.5 Å². The van der Waals surface area contributed by atoms with Crippen molar-refractivity contribution >= 4 is 36.5 Å². The lowest BCUT2D eigenvalue weighted by molar-refractivity contribution is -0.145. The van der Waals surface area contributed by atoms with Gasteiger partial charge in [-0.15, -0.1) is 0 Å². The Morgan fingerprint density at radius 1 is 0.941 bits per heavy atom. The molecule has 0 spiro atoms. The van der Waals surface area contributed by atoms with E-state index in [1.54, 1.807) is 52.0 Å². The van der Waals surface area contributed by atoms with E-state index in [0.717, 1.165) is 10.5 Å². The second-order valence-electron chi connectivity index (χ2n) is 14.6. The molecule has 0 saturated carbocycles. The van der Waals surface area contributed by atoms with Crippen LogP contribution in [0.3, 0.4) is 0 Å². The number of phenols is 1. The summed E-state index contributed by atoms with van der Waals surface area (Å²) in [5.74, 6) is -1.61. The lowest BCUT2D eigenvalue weighted by Crippen LogP contribution is -2.53. The topological polar surface area (TPSA) is 171 Å². The zero-order valence-electron chi connectivity index (χ0n) is 31.9. The molecular formula is C36H52BN3O11. The van der Waals surface area contributed by atoms with Gasteiger partial charge in [0.2, 0.25) is 11.8 Å². The summed E-state index contributed by atoms with van der Waals surface area (Å²) in [5.41, 5.74) is -0.159. The van der Waals surface area contributed by atoms with Crippen LogP contribution in [-0.2, 0) is 39.6 Å². The number of methoxy groups -OCH3 is 3. The first-order valence-electron chi connectivity index (χ1n) is 16.6. The van der Waals surface area contributed by atoms with Gasteiger partial charge >= 0.3 is 19.2 Å². The first-order chi connectivity index (χ1) is 23.5. The van der Waals surface area contributed by atoms with E-state index >= 15 is 0 Å². The van der Waals surface area contributed by atoms with E-state index in [0.29, 0.717) is 22.3 Å². The summed E-state index contributed by atoms with van der Waals surface area (Å²) in [6.45, 7) is 15.9. The molecule has 0 unspecified atom stereocenters. The molecule has 1 saturated heterocycles. The van der Waals surface area contributed by atoms with Gasteiger partial charge in [-0.3, -0.25) is 14.5 Å². The molecular weight excluding hydrogens is 661 g/mol. The molecule has 2 aromatic rings. The average Bonchev–Trinajstić information content (AvgIpc) is 3.25. The van der Waals surface area contributed by atoms with Crippen molar-refractivity contribution in [1.82, 2.24) is 15.5 Å². The minimum atomic E-state index is -1.22. The zero-order chi connectivity index (χ0) is 38.6. The molecule has 14 nitrogen and oxygen atoms in total. The number of aromatic hydroxyl groups is 1. The highest BCUT2D eigenvalue weighted by atomic mass is 16.7. The van der Waals surface area contributed by atoms with Crippen molar-refractivity contribution in [3.05, 3.63) is 47.0 Å². The fourth-order valence-electron chi connectivity index (χ4n) is 5.47. The second-order valence-corrected chi connectivity index (χ2v) is 14.6. The Morgan fingerprint density at radius 2 is 1.55 bits per heavy atom. The molecule has 0 aromatic heterocycles. The van der Waals surface area contributed by atoms with Crippen LogP contribution in [0.2, 0.25) is 0 Å². The molecule has 1 heterocycles. The first kappa shape index (κ1) is 40.9. The maximum atomic E-state index is 13.8. The Bertz CT molecular complexity index is 1610. The van der Waals surface area contributed by atoms with Crippen LogP contribution < -0.4 is 25.6 Å². The number of amides is 3. The molecule has 0 aliphatic carbocycles. The van der Waals surface area contributed by atoms with Gasteiger partial charge in [0.15, 0.2) is 11.5 Å².